The van der Waals surface area contributed by atoms with Crippen molar-refractivity contribution in [2.75, 3.05) is 18.0 Å². The van der Waals surface area contributed by atoms with Crippen LogP contribution in [0, 0.1) is 6.92 Å². The summed E-state index contributed by atoms with van der Waals surface area (Å²) in [4.78, 5) is 0.240. The summed E-state index contributed by atoms with van der Waals surface area (Å²) in [5, 5.41) is 13.1. The standard InChI is InChI=1S/C29H28N2O4S/c1-21-11-17-25(18-12-21)36(33,34)30(2)22-13-15-24(16-14-22)35-20-23(32)19-31-28-9-5-3-7-26(28)27-8-4-6-10-29(27)31/h3-18,23,32H,19-20H2,1-2H3. The van der Waals surface area contributed by atoms with Gasteiger partial charge in [0.25, 0.3) is 10.0 Å². The second-order valence-electron chi connectivity index (χ2n) is 8.89. The van der Waals surface area contributed by atoms with Crippen molar-refractivity contribution in [3.63, 3.8) is 0 Å². The number of nitrogens with zero attached hydrogens (tertiary/aromatic N) is 2. The Bertz CT molecular complexity index is 1550. The van der Waals surface area contributed by atoms with Crippen LogP contribution >= 0.6 is 0 Å². The van der Waals surface area contributed by atoms with Crippen LogP contribution in [0.1, 0.15) is 5.56 Å². The Morgan fingerprint density at radius 2 is 1.39 bits per heavy atom. The second kappa shape index (κ2) is 9.68. The summed E-state index contributed by atoms with van der Waals surface area (Å²) in [5.41, 5.74) is 3.66. The van der Waals surface area contributed by atoms with E-state index < -0.39 is 16.1 Å². The number of aliphatic hydroxyl groups excluding tert-OH is 1. The Hall–Kier alpha value is -3.81. The van der Waals surface area contributed by atoms with Gasteiger partial charge in [-0.1, -0.05) is 54.1 Å². The van der Waals surface area contributed by atoms with E-state index in [9.17, 15) is 13.5 Å². The molecule has 0 bridgehead atoms. The molecule has 0 spiro atoms. The lowest BCUT2D eigenvalue weighted by molar-refractivity contribution is 0.0945. The van der Waals surface area contributed by atoms with Crippen molar-refractivity contribution in [1.29, 1.82) is 0 Å². The van der Waals surface area contributed by atoms with Crippen LogP contribution in [-0.2, 0) is 16.6 Å². The summed E-state index contributed by atoms with van der Waals surface area (Å²) in [6.07, 6.45) is -0.728. The minimum absolute atomic E-state index is 0.109. The molecule has 0 amide bonds. The van der Waals surface area contributed by atoms with Crippen molar-refractivity contribution in [1.82, 2.24) is 4.57 Å². The first-order valence-electron chi connectivity index (χ1n) is 11.8. The van der Waals surface area contributed by atoms with Gasteiger partial charge >= 0.3 is 0 Å². The van der Waals surface area contributed by atoms with E-state index in [0.29, 0.717) is 18.0 Å². The van der Waals surface area contributed by atoms with Crippen LogP contribution in [-0.4, -0.2) is 37.8 Å². The highest BCUT2D eigenvalue weighted by Gasteiger charge is 2.21. The van der Waals surface area contributed by atoms with Crippen LogP contribution in [0.15, 0.2) is 102 Å². The first-order valence-corrected chi connectivity index (χ1v) is 13.2. The van der Waals surface area contributed by atoms with Crippen molar-refractivity contribution in [3.8, 4) is 5.75 Å². The third kappa shape index (κ3) is 4.55. The zero-order valence-corrected chi connectivity index (χ0v) is 21.0. The lowest BCUT2D eigenvalue weighted by Gasteiger charge is -2.20. The van der Waals surface area contributed by atoms with Crippen molar-refractivity contribution in [3.05, 3.63) is 103 Å². The number of aryl methyl sites for hydroxylation is 1. The first-order chi connectivity index (χ1) is 17.3. The summed E-state index contributed by atoms with van der Waals surface area (Å²) >= 11 is 0. The van der Waals surface area contributed by atoms with E-state index in [-0.39, 0.29) is 11.5 Å². The summed E-state index contributed by atoms with van der Waals surface area (Å²) in [5.74, 6) is 0.557. The van der Waals surface area contributed by atoms with E-state index in [1.165, 1.54) is 11.4 Å². The average molecular weight is 501 g/mol. The number of benzene rings is 4. The van der Waals surface area contributed by atoms with Crippen molar-refractivity contribution in [2.24, 2.45) is 0 Å². The van der Waals surface area contributed by atoms with Crippen LogP contribution < -0.4 is 9.04 Å². The highest BCUT2D eigenvalue weighted by atomic mass is 32.2. The molecule has 0 aliphatic rings. The number of hydrogen-bond donors (Lipinski definition) is 1. The highest BCUT2D eigenvalue weighted by Crippen LogP contribution is 2.29. The molecule has 7 heteroatoms. The molecule has 0 aliphatic carbocycles. The van der Waals surface area contributed by atoms with E-state index in [4.69, 9.17) is 4.74 Å². The lowest BCUT2D eigenvalue weighted by Crippen LogP contribution is -2.26. The molecule has 0 saturated carbocycles. The number of aliphatic hydroxyl groups is 1. The number of anilines is 1. The summed E-state index contributed by atoms with van der Waals surface area (Å²) in [7, 11) is -2.13. The molecule has 4 aromatic carbocycles. The van der Waals surface area contributed by atoms with Crippen molar-refractivity contribution in [2.45, 2.75) is 24.5 Å². The van der Waals surface area contributed by atoms with E-state index in [0.717, 1.165) is 27.4 Å². The maximum Gasteiger partial charge on any atom is 0.264 e. The van der Waals surface area contributed by atoms with E-state index in [1.54, 1.807) is 48.5 Å². The van der Waals surface area contributed by atoms with Crippen LogP contribution in [0.3, 0.4) is 0 Å². The molecular formula is C29H28N2O4S. The van der Waals surface area contributed by atoms with E-state index in [1.807, 2.05) is 31.2 Å². The van der Waals surface area contributed by atoms with E-state index in [2.05, 4.69) is 28.8 Å². The quantitative estimate of drug-likeness (QED) is 0.311. The maximum absolute atomic E-state index is 12.9. The van der Waals surface area contributed by atoms with Crippen LogP contribution in [0.5, 0.6) is 5.75 Å². The minimum atomic E-state index is -3.66. The molecule has 1 aromatic heterocycles. The van der Waals surface area contributed by atoms with Crippen LogP contribution in [0.25, 0.3) is 21.8 Å². The summed E-state index contributed by atoms with van der Waals surface area (Å²) < 4.78 is 35.1. The highest BCUT2D eigenvalue weighted by molar-refractivity contribution is 7.92. The van der Waals surface area contributed by atoms with E-state index >= 15 is 0 Å². The van der Waals surface area contributed by atoms with Gasteiger partial charge in [0.1, 0.15) is 18.5 Å². The molecule has 5 aromatic rings. The Labute approximate surface area is 211 Å². The van der Waals surface area contributed by atoms with Crippen LogP contribution in [0.4, 0.5) is 5.69 Å². The fourth-order valence-corrected chi connectivity index (χ4v) is 5.61. The van der Waals surface area contributed by atoms with Gasteiger partial charge < -0.3 is 14.4 Å². The van der Waals surface area contributed by atoms with Gasteiger partial charge in [0.2, 0.25) is 0 Å². The van der Waals surface area contributed by atoms with Crippen molar-refractivity contribution >= 4 is 37.5 Å². The molecule has 0 saturated heterocycles. The molecular weight excluding hydrogens is 472 g/mol. The Balaban J connectivity index is 1.26. The maximum atomic E-state index is 12.9. The van der Waals surface area contributed by atoms with Crippen LogP contribution in [0.2, 0.25) is 0 Å². The van der Waals surface area contributed by atoms with Gasteiger partial charge in [0, 0.05) is 28.9 Å². The predicted octanol–water partition coefficient (Wildman–Crippen LogP) is 5.37. The number of ether oxygens (including phenoxy) is 1. The lowest BCUT2D eigenvalue weighted by atomic mass is 10.2. The molecule has 0 radical (unpaired) electrons. The number of aromatic nitrogens is 1. The summed E-state index contributed by atoms with van der Waals surface area (Å²) in [6.45, 7) is 2.42. The van der Waals surface area contributed by atoms with Gasteiger partial charge in [0.05, 0.1) is 17.1 Å². The molecule has 36 heavy (non-hydrogen) atoms. The molecule has 5 rings (SSSR count). The van der Waals surface area contributed by atoms with Gasteiger partial charge in [-0.3, -0.25) is 4.31 Å². The first kappa shape index (κ1) is 23.9. The number of sulfonamides is 1. The second-order valence-corrected chi connectivity index (χ2v) is 10.9. The topological polar surface area (TPSA) is 71.8 Å². The SMILES string of the molecule is Cc1ccc(S(=O)(=O)N(C)c2ccc(OCC(O)Cn3c4ccccc4c4ccccc43)cc2)cc1. The normalized spacial score (nSPS) is 12.6. The Morgan fingerprint density at radius 3 is 1.97 bits per heavy atom. The predicted molar refractivity (Wildman–Crippen MR) is 144 cm³/mol. The third-order valence-electron chi connectivity index (χ3n) is 6.40. The molecule has 1 unspecified atom stereocenters. The van der Waals surface area contributed by atoms with Gasteiger partial charge in [0.15, 0.2) is 0 Å². The molecule has 184 valence electrons. The Kier molecular flexibility index (Phi) is 6.43. The zero-order valence-electron chi connectivity index (χ0n) is 20.2. The molecule has 0 aliphatic heterocycles. The third-order valence-corrected chi connectivity index (χ3v) is 8.20. The Morgan fingerprint density at radius 1 is 0.833 bits per heavy atom. The fraction of sp³-hybridized carbons (Fsp3) is 0.172. The monoisotopic (exact) mass is 500 g/mol. The number of hydrogen-bond acceptors (Lipinski definition) is 4. The number of fused-ring (bicyclic) bond motifs is 3. The van der Waals surface area contributed by atoms with Gasteiger partial charge in [-0.05, 0) is 55.5 Å². The molecule has 1 atom stereocenters. The number of para-hydroxylation sites is 2. The molecule has 0 fully saturated rings. The number of rotatable bonds is 8. The smallest absolute Gasteiger partial charge is 0.264 e. The molecule has 1 heterocycles. The van der Waals surface area contributed by atoms with Gasteiger partial charge in [-0.15, -0.1) is 0 Å². The summed E-state index contributed by atoms with van der Waals surface area (Å²) in [6, 6.07) is 29.9. The van der Waals surface area contributed by atoms with Gasteiger partial charge in [-0.2, -0.15) is 0 Å². The minimum Gasteiger partial charge on any atom is -0.491 e. The van der Waals surface area contributed by atoms with Gasteiger partial charge in [-0.25, -0.2) is 8.42 Å². The average Bonchev–Trinajstić information content (AvgIpc) is 3.21. The zero-order chi connectivity index (χ0) is 25.3. The largest absolute Gasteiger partial charge is 0.491 e. The van der Waals surface area contributed by atoms with Crippen molar-refractivity contribution < 1.29 is 18.3 Å². The molecule has 6 nitrogen and oxygen atoms in total. The fourth-order valence-electron chi connectivity index (χ4n) is 4.42. The molecule has 1 N–H and O–H groups in total.